The average Bonchev–Trinajstić information content (AvgIpc) is 3.10. The molecule has 0 aromatic carbocycles. The summed E-state index contributed by atoms with van der Waals surface area (Å²) in [5.41, 5.74) is -1.66. The van der Waals surface area contributed by atoms with Crippen molar-refractivity contribution in [3.63, 3.8) is 0 Å². The molecular formula is C29H40O7S. The molecule has 204 valence electrons. The van der Waals surface area contributed by atoms with Gasteiger partial charge in [-0.1, -0.05) is 46.3 Å². The first-order valence-electron chi connectivity index (χ1n) is 13.3. The largest absolute Gasteiger partial charge is 0.457 e. The molecule has 3 saturated carbocycles. The Morgan fingerprint density at radius 1 is 1.24 bits per heavy atom. The van der Waals surface area contributed by atoms with Crippen LogP contribution in [0, 0.1) is 40.4 Å². The van der Waals surface area contributed by atoms with Crippen LogP contribution in [-0.4, -0.2) is 58.9 Å². The SMILES string of the molecule is CSCC(=O)O[C@]1(C(=O)COC(=O)C(C)C)CC[C@H]2[C@@H]3C[C@H](C)C4=CC(=O)C=C[C@]4(C)[C@H]3[C@@H](O)C[C@@]21C. The minimum atomic E-state index is -1.47. The molecular weight excluding hydrogens is 492 g/mol. The highest BCUT2D eigenvalue weighted by Gasteiger charge is 2.70. The highest BCUT2D eigenvalue weighted by atomic mass is 32.2. The van der Waals surface area contributed by atoms with Crippen LogP contribution in [0.4, 0.5) is 0 Å². The normalized spacial score (nSPS) is 40.4. The first kappa shape index (κ1) is 28.1. The number of fused-ring (bicyclic) bond motifs is 5. The molecule has 0 aliphatic heterocycles. The molecule has 0 heterocycles. The van der Waals surface area contributed by atoms with Gasteiger partial charge in [0.15, 0.2) is 18.0 Å². The van der Waals surface area contributed by atoms with Crippen molar-refractivity contribution in [2.24, 2.45) is 40.4 Å². The molecule has 4 aliphatic rings. The van der Waals surface area contributed by atoms with Gasteiger partial charge in [-0.2, -0.15) is 11.8 Å². The monoisotopic (exact) mass is 532 g/mol. The number of esters is 2. The quantitative estimate of drug-likeness (QED) is 0.492. The van der Waals surface area contributed by atoms with Crippen molar-refractivity contribution in [2.75, 3.05) is 18.6 Å². The van der Waals surface area contributed by atoms with Crippen molar-refractivity contribution in [3.8, 4) is 0 Å². The number of aliphatic hydroxyl groups is 1. The summed E-state index contributed by atoms with van der Waals surface area (Å²) in [4.78, 5) is 51.1. The molecule has 1 N–H and O–H groups in total. The fourth-order valence-corrected chi connectivity index (χ4v) is 8.48. The highest BCUT2D eigenvalue weighted by molar-refractivity contribution is 7.99. The zero-order valence-electron chi connectivity index (χ0n) is 22.7. The number of Topliss-reactive ketones (excluding diaryl/α,β-unsaturated/α-hetero) is 1. The Balaban J connectivity index is 1.72. The van der Waals surface area contributed by atoms with Crippen LogP contribution in [0.5, 0.6) is 0 Å². The maximum absolute atomic E-state index is 13.9. The van der Waals surface area contributed by atoms with Crippen molar-refractivity contribution >= 4 is 35.3 Å². The number of ketones is 2. The van der Waals surface area contributed by atoms with Crippen LogP contribution in [0.3, 0.4) is 0 Å². The first-order valence-corrected chi connectivity index (χ1v) is 14.7. The number of hydrogen-bond donors (Lipinski definition) is 1. The zero-order valence-corrected chi connectivity index (χ0v) is 23.6. The standard InChI is InChI=1S/C29H40O7S/c1-16(2)26(34)35-14-23(32)29(36-24(33)15-37-6)10-8-20-19-11-17(3)21-12-18(30)7-9-27(21,4)25(19)22(31)13-28(20,29)5/h7,9,12,16-17,19-20,22,25,31H,8,10-11,13-15H2,1-6H3/t17-,19-,20-,22-,25+,27-,28-,29-/m0/s1. The molecule has 0 amide bonds. The second kappa shape index (κ2) is 9.99. The maximum atomic E-state index is 13.9. The van der Waals surface area contributed by atoms with Gasteiger partial charge in [0.05, 0.1) is 17.8 Å². The van der Waals surface area contributed by atoms with E-state index in [2.05, 4.69) is 13.8 Å². The zero-order chi connectivity index (χ0) is 27.3. The molecule has 0 radical (unpaired) electrons. The number of hydrogen-bond acceptors (Lipinski definition) is 8. The van der Waals surface area contributed by atoms with Crippen LogP contribution < -0.4 is 0 Å². The average molecular weight is 533 g/mol. The van der Waals surface area contributed by atoms with E-state index in [9.17, 15) is 24.3 Å². The van der Waals surface area contributed by atoms with E-state index in [0.29, 0.717) is 12.8 Å². The van der Waals surface area contributed by atoms with Gasteiger partial charge in [-0.05, 0) is 61.8 Å². The van der Waals surface area contributed by atoms with Gasteiger partial charge in [0.1, 0.15) is 0 Å². The predicted octanol–water partition coefficient (Wildman–Crippen LogP) is 3.92. The Morgan fingerprint density at radius 2 is 1.95 bits per heavy atom. The molecule has 8 atom stereocenters. The van der Waals surface area contributed by atoms with Gasteiger partial charge in [-0.15, -0.1) is 0 Å². The molecule has 0 unspecified atom stereocenters. The van der Waals surface area contributed by atoms with Crippen molar-refractivity contribution in [1.29, 1.82) is 0 Å². The second-order valence-electron chi connectivity index (χ2n) is 12.2. The fraction of sp³-hybridized carbons (Fsp3) is 0.724. The van der Waals surface area contributed by atoms with Gasteiger partial charge in [0.25, 0.3) is 0 Å². The molecule has 0 aromatic heterocycles. The Labute approximate surface area is 223 Å². The van der Waals surface area contributed by atoms with E-state index < -0.39 is 46.9 Å². The molecule has 0 spiro atoms. The van der Waals surface area contributed by atoms with E-state index in [-0.39, 0.29) is 47.5 Å². The number of carbonyl (C=O) groups is 4. The van der Waals surface area contributed by atoms with Crippen LogP contribution >= 0.6 is 11.8 Å². The van der Waals surface area contributed by atoms with Crippen molar-refractivity contribution < 1.29 is 33.8 Å². The van der Waals surface area contributed by atoms with Gasteiger partial charge in [0, 0.05) is 16.7 Å². The molecule has 3 fully saturated rings. The smallest absolute Gasteiger partial charge is 0.316 e. The Morgan fingerprint density at radius 3 is 2.59 bits per heavy atom. The van der Waals surface area contributed by atoms with Crippen LogP contribution in [0.15, 0.2) is 23.8 Å². The van der Waals surface area contributed by atoms with Crippen molar-refractivity contribution in [3.05, 3.63) is 23.8 Å². The van der Waals surface area contributed by atoms with Crippen LogP contribution in [0.1, 0.15) is 60.3 Å². The Hall–Kier alpha value is -1.93. The lowest BCUT2D eigenvalue weighted by Crippen LogP contribution is -2.63. The summed E-state index contributed by atoms with van der Waals surface area (Å²) in [6.45, 7) is 9.15. The lowest BCUT2D eigenvalue weighted by atomic mass is 9.44. The third-order valence-corrected chi connectivity index (χ3v) is 10.3. The molecule has 0 bridgehead atoms. The van der Waals surface area contributed by atoms with E-state index in [1.54, 1.807) is 32.3 Å². The number of aliphatic hydroxyl groups excluding tert-OH is 1. The summed E-state index contributed by atoms with van der Waals surface area (Å²) in [7, 11) is 0. The van der Waals surface area contributed by atoms with E-state index in [1.165, 1.54) is 11.8 Å². The number of ether oxygens (including phenoxy) is 2. The maximum Gasteiger partial charge on any atom is 0.316 e. The fourth-order valence-electron chi connectivity index (χ4n) is 8.18. The number of thioether (sulfide) groups is 1. The summed E-state index contributed by atoms with van der Waals surface area (Å²) in [5.74, 6) is -1.51. The molecule has 0 saturated heterocycles. The van der Waals surface area contributed by atoms with Gasteiger partial charge < -0.3 is 14.6 Å². The summed E-state index contributed by atoms with van der Waals surface area (Å²) >= 11 is 1.32. The second-order valence-corrected chi connectivity index (χ2v) is 13.1. The van der Waals surface area contributed by atoms with Gasteiger partial charge in [0.2, 0.25) is 5.78 Å². The van der Waals surface area contributed by atoms with E-state index >= 15 is 0 Å². The first-order chi connectivity index (χ1) is 17.3. The van der Waals surface area contributed by atoms with Crippen LogP contribution in [-0.2, 0) is 28.7 Å². The van der Waals surface area contributed by atoms with E-state index in [4.69, 9.17) is 9.47 Å². The van der Waals surface area contributed by atoms with Gasteiger partial charge in [-0.3, -0.25) is 19.2 Å². The minimum Gasteiger partial charge on any atom is -0.457 e. The molecule has 4 aliphatic carbocycles. The molecule has 0 aromatic rings. The van der Waals surface area contributed by atoms with Crippen LogP contribution in [0.2, 0.25) is 0 Å². The number of rotatable bonds is 7. The molecule has 8 heteroatoms. The van der Waals surface area contributed by atoms with Crippen molar-refractivity contribution in [1.82, 2.24) is 0 Å². The van der Waals surface area contributed by atoms with Crippen LogP contribution in [0.25, 0.3) is 0 Å². The van der Waals surface area contributed by atoms with Gasteiger partial charge in [-0.25, -0.2) is 0 Å². The summed E-state index contributed by atoms with van der Waals surface area (Å²) < 4.78 is 11.4. The number of carbonyl (C=O) groups excluding carboxylic acids is 4. The third-order valence-electron chi connectivity index (χ3n) is 9.75. The Kier molecular flexibility index (Phi) is 7.58. The molecule has 4 rings (SSSR count). The lowest BCUT2D eigenvalue weighted by Gasteiger charge is -2.61. The molecule has 7 nitrogen and oxygen atoms in total. The molecule has 37 heavy (non-hydrogen) atoms. The highest BCUT2D eigenvalue weighted by Crippen LogP contribution is 2.68. The summed E-state index contributed by atoms with van der Waals surface area (Å²) in [6, 6.07) is 0. The van der Waals surface area contributed by atoms with Crippen molar-refractivity contribution in [2.45, 2.75) is 72.0 Å². The van der Waals surface area contributed by atoms with Gasteiger partial charge >= 0.3 is 11.9 Å². The summed E-state index contributed by atoms with van der Waals surface area (Å²) in [6.07, 6.45) is 8.42. The lowest BCUT2D eigenvalue weighted by molar-refractivity contribution is -0.200. The number of allylic oxidation sites excluding steroid dienone is 4. The third kappa shape index (κ3) is 4.42. The summed E-state index contributed by atoms with van der Waals surface area (Å²) in [5, 5.41) is 11.7. The van der Waals surface area contributed by atoms with E-state index in [1.807, 2.05) is 13.0 Å². The Bertz CT molecular complexity index is 1050. The van der Waals surface area contributed by atoms with E-state index in [0.717, 1.165) is 12.0 Å². The topological polar surface area (TPSA) is 107 Å². The predicted molar refractivity (Wildman–Crippen MR) is 141 cm³/mol. The minimum absolute atomic E-state index is 0.0185.